The highest BCUT2D eigenvalue weighted by atomic mass is 35.5. The zero-order chi connectivity index (χ0) is 14.8. The van der Waals surface area contributed by atoms with Gasteiger partial charge in [-0.3, -0.25) is 0 Å². The average Bonchev–Trinajstić information content (AvgIpc) is 2.92. The third-order valence-corrected chi connectivity index (χ3v) is 3.88. The fourth-order valence-electron chi connectivity index (χ4n) is 2.45. The highest BCUT2D eigenvalue weighted by molar-refractivity contribution is 6.30. The van der Waals surface area contributed by atoms with Gasteiger partial charge in [-0.1, -0.05) is 41.9 Å². The molecule has 1 atom stereocenters. The summed E-state index contributed by atoms with van der Waals surface area (Å²) >= 11 is 5.83. The Morgan fingerprint density at radius 1 is 1.19 bits per heavy atom. The van der Waals surface area contributed by atoms with Gasteiger partial charge in [0.2, 0.25) is 0 Å². The van der Waals surface area contributed by atoms with Gasteiger partial charge in [0.15, 0.2) is 0 Å². The third-order valence-electron chi connectivity index (χ3n) is 3.59. The number of halogens is 2. The molecule has 108 valence electrons. The molecule has 1 heterocycles. The second-order valence-corrected chi connectivity index (χ2v) is 5.35. The van der Waals surface area contributed by atoms with Crippen molar-refractivity contribution in [3.63, 3.8) is 0 Å². The van der Waals surface area contributed by atoms with E-state index in [2.05, 4.69) is 5.32 Å². The number of furan rings is 1. The largest absolute Gasteiger partial charge is 0.459 e. The first-order valence-electron chi connectivity index (χ1n) is 6.77. The molecule has 3 rings (SSSR count). The third kappa shape index (κ3) is 2.80. The molecule has 2 aromatic carbocycles. The Hall–Kier alpha value is -1.84. The van der Waals surface area contributed by atoms with Crippen molar-refractivity contribution in [2.45, 2.75) is 12.5 Å². The summed E-state index contributed by atoms with van der Waals surface area (Å²) in [5, 5.41) is 4.36. The number of likely N-dealkylation sites (N-methyl/N-ethyl adjacent to an activating group) is 1. The van der Waals surface area contributed by atoms with Gasteiger partial charge in [-0.25, -0.2) is 4.39 Å². The topological polar surface area (TPSA) is 25.2 Å². The maximum Gasteiger partial charge on any atom is 0.145 e. The zero-order valence-electron chi connectivity index (χ0n) is 11.6. The molecule has 0 saturated carbocycles. The summed E-state index contributed by atoms with van der Waals surface area (Å²) in [7, 11) is 1.83. The number of fused-ring (bicyclic) bond motifs is 1. The molecule has 1 unspecified atom stereocenters. The van der Waals surface area contributed by atoms with Crippen molar-refractivity contribution in [2.24, 2.45) is 0 Å². The highest BCUT2D eigenvalue weighted by Gasteiger charge is 2.18. The predicted molar refractivity (Wildman–Crippen MR) is 83.1 cm³/mol. The summed E-state index contributed by atoms with van der Waals surface area (Å²) in [5.41, 5.74) is 1.40. The van der Waals surface area contributed by atoms with Crippen LogP contribution in [0.3, 0.4) is 0 Å². The molecule has 2 nitrogen and oxygen atoms in total. The second-order valence-electron chi connectivity index (χ2n) is 4.94. The minimum Gasteiger partial charge on any atom is -0.459 e. The molecular weight excluding hydrogens is 289 g/mol. The van der Waals surface area contributed by atoms with Crippen LogP contribution in [0, 0.1) is 5.82 Å². The van der Waals surface area contributed by atoms with Gasteiger partial charge >= 0.3 is 0 Å². The lowest BCUT2D eigenvalue weighted by atomic mass is 10.0. The fourth-order valence-corrected chi connectivity index (χ4v) is 2.64. The highest BCUT2D eigenvalue weighted by Crippen LogP contribution is 2.28. The number of benzene rings is 2. The first kappa shape index (κ1) is 14.1. The molecule has 0 spiro atoms. The van der Waals surface area contributed by atoms with Gasteiger partial charge < -0.3 is 9.73 Å². The van der Waals surface area contributed by atoms with Crippen LogP contribution in [0.25, 0.3) is 11.0 Å². The number of hydrogen-bond acceptors (Lipinski definition) is 2. The van der Waals surface area contributed by atoms with Gasteiger partial charge in [-0.2, -0.15) is 0 Å². The Morgan fingerprint density at radius 2 is 2.00 bits per heavy atom. The molecule has 0 amide bonds. The standard InChI is InChI=1S/C17H15ClFNO/c1-20-14(9-12-6-4-7-13(18)17(12)19)16-10-11-5-2-3-8-15(11)21-16/h2-8,10,14,20H,9H2,1H3. The summed E-state index contributed by atoms with van der Waals surface area (Å²) in [6.45, 7) is 0. The van der Waals surface area contributed by atoms with Crippen molar-refractivity contribution in [3.05, 3.63) is 70.7 Å². The maximum absolute atomic E-state index is 14.0. The Bertz CT molecular complexity index is 735. The van der Waals surface area contributed by atoms with Gasteiger partial charge in [-0.05, 0) is 37.2 Å². The van der Waals surface area contributed by atoms with Crippen LogP contribution in [0.2, 0.25) is 5.02 Å². The smallest absolute Gasteiger partial charge is 0.145 e. The van der Waals surface area contributed by atoms with Crippen LogP contribution in [-0.4, -0.2) is 7.05 Å². The van der Waals surface area contributed by atoms with E-state index in [9.17, 15) is 4.39 Å². The second kappa shape index (κ2) is 5.88. The summed E-state index contributed by atoms with van der Waals surface area (Å²) in [6.07, 6.45) is 0.475. The molecule has 1 N–H and O–H groups in total. The van der Waals surface area contributed by atoms with Crippen LogP contribution < -0.4 is 5.32 Å². The van der Waals surface area contributed by atoms with E-state index in [-0.39, 0.29) is 16.9 Å². The van der Waals surface area contributed by atoms with E-state index in [1.54, 1.807) is 18.2 Å². The van der Waals surface area contributed by atoms with E-state index in [1.807, 2.05) is 37.4 Å². The number of nitrogens with one attached hydrogen (secondary N) is 1. The lowest BCUT2D eigenvalue weighted by Crippen LogP contribution is -2.18. The van der Waals surface area contributed by atoms with Crippen LogP contribution >= 0.6 is 11.6 Å². The van der Waals surface area contributed by atoms with Gasteiger partial charge in [0.05, 0.1) is 11.1 Å². The van der Waals surface area contributed by atoms with E-state index < -0.39 is 0 Å². The van der Waals surface area contributed by atoms with Crippen molar-refractivity contribution in [1.82, 2.24) is 5.32 Å². The lowest BCUT2D eigenvalue weighted by Gasteiger charge is -2.14. The molecule has 0 bridgehead atoms. The van der Waals surface area contributed by atoms with Crippen molar-refractivity contribution >= 4 is 22.6 Å². The molecular formula is C17H15ClFNO. The molecule has 21 heavy (non-hydrogen) atoms. The van der Waals surface area contributed by atoms with E-state index in [0.29, 0.717) is 12.0 Å². The number of hydrogen-bond donors (Lipinski definition) is 1. The molecule has 0 aliphatic heterocycles. The van der Waals surface area contributed by atoms with Gasteiger partial charge in [-0.15, -0.1) is 0 Å². The maximum atomic E-state index is 14.0. The molecule has 0 aliphatic carbocycles. The van der Waals surface area contributed by atoms with Crippen molar-refractivity contribution in [3.8, 4) is 0 Å². The minimum absolute atomic E-state index is 0.106. The van der Waals surface area contributed by atoms with Crippen LogP contribution in [0.5, 0.6) is 0 Å². The summed E-state index contributed by atoms with van der Waals surface area (Å²) in [4.78, 5) is 0. The Labute approximate surface area is 127 Å². The normalized spacial score (nSPS) is 12.7. The minimum atomic E-state index is -0.365. The first-order chi connectivity index (χ1) is 10.2. The van der Waals surface area contributed by atoms with Crippen LogP contribution in [0.4, 0.5) is 4.39 Å². The van der Waals surface area contributed by atoms with Crippen LogP contribution in [-0.2, 0) is 6.42 Å². The van der Waals surface area contributed by atoms with Gasteiger partial charge in [0.25, 0.3) is 0 Å². The molecule has 0 radical (unpaired) electrons. The molecule has 3 aromatic rings. The number of rotatable bonds is 4. The predicted octanol–water partition coefficient (Wildman–Crippen LogP) is 4.73. The zero-order valence-corrected chi connectivity index (χ0v) is 12.3. The van der Waals surface area contributed by atoms with Crippen LogP contribution in [0.1, 0.15) is 17.4 Å². The summed E-state index contributed by atoms with van der Waals surface area (Å²) in [5.74, 6) is 0.425. The van der Waals surface area contributed by atoms with E-state index >= 15 is 0 Å². The Morgan fingerprint density at radius 3 is 2.76 bits per heavy atom. The molecule has 0 saturated heterocycles. The monoisotopic (exact) mass is 303 g/mol. The van der Waals surface area contributed by atoms with Crippen molar-refractivity contribution in [2.75, 3.05) is 7.05 Å². The quantitative estimate of drug-likeness (QED) is 0.754. The van der Waals surface area contributed by atoms with E-state index in [1.165, 1.54) is 0 Å². The van der Waals surface area contributed by atoms with Crippen molar-refractivity contribution < 1.29 is 8.81 Å². The number of para-hydroxylation sites is 1. The first-order valence-corrected chi connectivity index (χ1v) is 7.15. The SMILES string of the molecule is CNC(Cc1cccc(Cl)c1F)c1cc2ccccc2o1. The van der Waals surface area contributed by atoms with Gasteiger partial charge in [0, 0.05) is 5.39 Å². The molecule has 0 aliphatic rings. The molecule has 1 aromatic heterocycles. The average molecular weight is 304 g/mol. The Kier molecular flexibility index (Phi) is 3.95. The fraction of sp³-hybridized carbons (Fsp3) is 0.176. The molecule has 0 fully saturated rings. The lowest BCUT2D eigenvalue weighted by molar-refractivity contribution is 0.445. The van der Waals surface area contributed by atoms with Crippen LogP contribution in [0.15, 0.2) is 52.9 Å². The van der Waals surface area contributed by atoms with Gasteiger partial charge in [0.1, 0.15) is 17.2 Å². The summed E-state index contributed by atoms with van der Waals surface area (Å²) < 4.78 is 19.9. The van der Waals surface area contributed by atoms with E-state index in [0.717, 1.165) is 16.7 Å². The Balaban J connectivity index is 1.93. The summed E-state index contributed by atoms with van der Waals surface area (Å²) in [6, 6.07) is 14.7. The van der Waals surface area contributed by atoms with Crippen molar-refractivity contribution in [1.29, 1.82) is 0 Å². The van der Waals surface area contributed by atoms with E-state index in [4.69, 9.17) is 16.0 Å². The molecule has 4 heteroatoms.